The van der Waals surface area contributed by atoms with Gasteiger partial charge in [0.1, 0.15) is 61.5 Å². The maximum absolute atomic E-state index is 6.49. The fourth-order valence-corrected chi connectivity index (χ4v) is 20.8. The van der Waals surface area contributed by atoms with E-state index in [9.17, 15) is 0 Å². The summed E-state index contributed by atoms with van der Waals surface area (Å²) in [6.45, 7) is 0. The Labute approximate surface area is 858 Å². The molecule has 0 N–H and O–H groups in total. The number of furan rings is 4. The van der Waals surface area contributed by atoms with Crippen LogP contribution in [0.2, 0.25) is 0 Å². The lowest BCUT2D eigenvalue weighted by Crippen LogP contribution is -1.97. The van der Waals surface area contributed by atoms with E-state index in [1.54, 1.807) is 6.20 Å². The Morgan fingerprint density at radius 3 is 1.06 bits per heavy atom. The van der Waals surface area contributed by atoms with E-state index < -0.39 is 0 Å². The monoisotopic (exact) mass is 1920 g/mol. The van der Waals surface area contributed by atoms with Crippen molar-refractivity contribution in [3.05, 3.63) is 492 Å². The zero-order valence-electron chi connectivity index (χ0n) is 80.3. The van der Waals surface area contributed by atoms with Gasteiger partial charge in [-0.25, -0.2) is 49.8 Å². The Balaban J connectivity index is 0.000000111. The standard InChI is InChI=1S/C51H31N5O.C50H28N4O2.C34H22N2O/c1-2-10-37-29-39(27-20-32(37)9-1)33-18-21-35(22-19-33)47-49-48(43-15-4-6-17-45(43)57-49)56-50(55-47)36-25-23-34(24-26-36)46-42-14-3-5-16-44(42)53-51(54-46)40-12-7-11-38(30-40)41-13-8-28-52-31-41;1-2-13-32-31(12-1)28-40(34-15-4-3-14-33(32)34)50-51-41-21-8-5-17-37(41)44(52-50)29-24-26-30(27-25-29)49-53-45-38-18-7-10-23-43(38)56-48(45)46(54-49)39-20-11-19-36-35-16-6-9-22-42(35)55-47(36)39;1-4-12-23(13-5-1)26-20-27(24-14-6-2-7-15-24)22-28(21-26)34-35-31(25-16-8-3-9-17-25)33-32(36-34)29-18-10-11-19-30(29)37-33/h1-31H;1-28H;1-22H. The second-order valence-electron chi connectivity index (χ2n) is 37.3. The predicted octanol–water partition coefficient (Wildman–Crippen LogP) is 35.1. The molecule has 0 unspecified atom stereocenters. The third kappa shape index (κ3) is 15.9. The average molecular weight is 1920 g/mol. The van der Waals surface area contributed by atoms with Crippen molar-refractivity contribution in [2.24, 2.45) is 0 Å². The van der Waals surface area contributed by atoms with E-state index in [-0.39, 0.29) is 0 Å². The molecule has 0 radical (unpaired) electrons. The molecule has 700 valence electrons. The predicted molar refractivity (Wildman–Crippen MR) is 608 cm³/mol. The van der Waals surface area contributed by atoms with Crippen LogP contribution in [0.25, 0.3) is 300 Å². The highest BCUT2D eigenvalue weighted by molar-refractivity contribution is 6.17. The van der Waals surface area contributed by atoms with E-state index >= 15 is 0 Å². The van der Waals surface area contributed by atoms with Crippen LogP contribution in [0.1, 0.15) is 0 Å². The zero-order chi connectivity index (χ0) is 99.1. The van der Waals surface area contributed by atoms with Crippen LogP contribution in [0.3, 0.4) is 0 Å². The first-order valence-electron chi connectivity index (χ1n) is 49.9. The summed E-state index contributed by atoms with van der Waals surface area (Å²) in [6.07, 6.45) is 3.65. The molecule has 0 saturated heterocycles. The number of hydrogen-bond acceptors (Lipinski definition) is 15. The minimum atomic E-state index is 0.592. The molecule has 0 saturated carbocycles. The Kier molecular flexibility index (Phi) is 21.5. The van der Waals surface area contributed by atoms with Gasteiger partial charge in [0, 0.05) is 111 Å². The fourth-order valence-electron chi connectivity index (χ4n) is 20.8. The third-order valence-corrected chi connectivity index (χ3v) is 28.2. The van der Waals surface area contributed by atoms with E-state index in [0.717, 1.165) is 221 Å². The molecular weight excluding hydrogens is 1840 g/mol. The van der Waals surface area contributed by atoms with Crippen molar-refractivity contribution in [1.29, 1.82) is 0 Å². The Morgan fingerprint density at radius 2 is 0.493 bits per heavy atom. The second-order valence-corrected chi connectivity index (χ2v) is 37.3. The van der Waals surface area contributed by atoms with Gasteiger partial charge in [-0.05, 0) is 174 Å². The van der Waals surface area contributed by atoms with Crippen molar-refractivity contribution in [3.63, 3.8) is 0 Å². The summed E-state index contributed by atoms with van der Waals surface area (Å²) in [4.78, 5) is 55.8. The molecular formula is C135H81N11O4. The molecule has 15 heteroatoms. The number of fused-ring (bicyclic) bond motifs is 18. The number of aromatic nitrogens is 11. The van der Waals surface area contributed by atoms with Gasteiger partial charge >= 0.3 is 0 Å². The topological polar surface area (TPSA) is 194 Å². The first-order valence-corrected chi connectivity index (χ1v) is 49.9. The summed E-state index contributed by atoms with van der Waals surface area (Å²) >= 11 is 0. The molecule has 0 aliphatic rings. The van der Waals surface area contributed by atoms with Crippen molar-refractivity contribution in [2.45, 2.75) is 0 Å². The van der Waals surface area contributed by atoms with Crippen LogP contribution >= 0.6 is 0 Å². The van der Waals surface area contributed by atoms with E-state index in [1.165, 1.54) is 27.1 Å². The number of benzene rings is 20. The van der Waals surface area contributed by atoms with Crippen LogP contribution in [0.5, 0.6) is 0 Å². The SMILES string of the molecule is c1ccc(-c2cc(-c3ccccc3)cc(-c3nc(-c4ccccc4)c4oc5ccccc5c4n3)c2)cc1.c1ccc2c(c1)cc(-c1nc(-c3ccc(-c4nc(-c5cccc6c5oc5ccccc56)c5oc6ccccc6c5n4)cc3)c3ccccc3n1)c1ccccc12.c1cncc(-c2cccc(-c3nc(-c4ccc(-c5nc(-c6ccc(-c7ccc8ccccc8c7)cc6)c6oc7ccccc7c6n5)cc4)c4ccccc4n3)c2)c1. The average Bonchev–Trinajstić information content (AvgIpc) is 1.55. The van der Waals surface area contributed by atoms with Crippen molar-refractivity contribution < 1.29 is 17.7 Å². The largest absolute Gasteiger partial charge is 0.455 e. The molecule has 30 rings (SSSR count). The van der Waals surface area contributed by atoms with Crippen molar-refractivity contribution in [3.8, 4) is 158 Å². The first kappa shape index (κ1) is 87.3. The van der Waals surface area contributed by atoms with Gasteiger partial charge in [0.05, 0.1) is 22.4 Å². The summed E-state index contributed by atoms with van der Waals surface area (Å²) in [7, 11) is 0. The lowest BCUT2D eigenvalue weighted by atomic mass is 9.95. The minimum Gasteiger partial charge on any atom is -0.455 e. The van der Waals surface area contributed by atoms with Crippen LogP contribution in [0.15, 0.2) is 509 Å². The summed E-state index contributed by atoms with van der Waals surface area (Å²) in [5.74, 6) is 3.24. The van der Waals surface area contributed by atoms with Crippen molar-refractivity contribution >= 4 is 142 Å². The highest BCUT2D eigenvalue weighted by atomic mass is 16.3. The molecule has 0 fully saturated rings. The van der Waals surface area contributed by atoms with E-state index in [4.69, 9.17) is 67.5 Å². The molecule has 10 aromatic heterocycles. The second kappa shape index (κ2) is 37.0. The number of rotatable bonds is 14. The maximum atomic E-state index is 6.49. The number of nitrogens with zero attached hydrogens (tertiary/aromatic N) is 11. The Morgan fingerprint density at radius 1 is 0.147 bits per heavy atom. The highest BCUT2D eigenvalue weighted by Gasteiger charge is 2.27. The summed E-state index contributed by atoms with van der Waals surface area (Å²) in [5, 5.41) is 14.0. The number of hydrogen-bond donors (Lipinski definition) is 0. The molecule has 0 amide bonds. The Bertz CT molecular complexity index is 10500. The number of para-hydroxylation sites is 7. The molecule has 10 heterocycles. The maximum Gasteiger partial charge on any atom is 0.180 e. The molecule has 30 aromatic rings. The van der Waals surface area contributed by atoms with Gasteiger partial charge in [-0.2, -0.15) is 0 Å². The van der Waals surface area contributed by atoms with Crippen LogP contribution in [0.4, 0.5) is 0 Å². The van der Waals surface area contributed by atoms with Crippen LogP contribution in [-0.2, 0) is 0 Å². The van der Waals surface area contributed by atoms with E-state index in [1.807, 2.05) is 170 Å². The summed E-state index contributed by atoms with van der Waals surface area (Å²) in [6, 6.07) is 164. The molecule has 0 aliphatic heterocycles. The summed E-state index contributed by atoms with van der Waals surface area (Å²) < 4.78 is 25.7. The summed E-state index contributed by atoms with van der Waals surface area (Å²) in [5.41, 5.74) is 32.4. The van der Waals surface area contributed by atoms with Crippen LogP contribution in [0, 0.1) is 0 Å². The van der Waals surface area contributed by atoms with Gasteiger partial charge in [0.2, 0.25) is 0 Å². The zero-order valence-corrected chi connectivity index (χ0v) is 80.3. The smallest absolute Gasteiger partial charge is 0.180 e. The van der Waals surface area contributed by atoms with Gasteiger partial charge < -0.3 is 17.7 Å². The third-order valence-electron chi connectivity index (χ3n) is 28.2. The molecule has 0 aliphatic carbocycles. The molecule has 0 spiro atoms. The molecule has 0 bridgehead atoms. The van der Waals surface area contributed by atoms with Gasteiger partial charge in [-0.15, -0.1) is 0 Å². The highest BCUT2D eigenvalue weighted by Crippen LogP contribution is 2.47. The lowest BCUT2D eigenvalue weighted by Gasteiger charge is -2.13. The molecule has 150 heavy (non-hydrogen) atoms. The fraction of sp³-hybridized carbons (Fsp3) is 0. The van der Waals surface area contributed by atoms with Crippen molar-refractivity contribution in [1.82, 2.24) is 54.8 Å². The molecule has 15 nitrogen and oxygen atoms in total. The van der Waals surface area contributed by atoms with E-state index in [2.05, 4.69) is 320 Å². The Hall–Kier alpha value is -20.5. The van der Waals surface area contributed by atoms with Gasteiger partial charge in [-0.1, -0.05) is 376 Å². The van der Waals surface area contributed by atoms with E-state index in [0.29, 0.717) is 51.6 Å². The minimum absolute atomic E-state index is 0.592. The molecule has 0 atom stereocenters. The first-order chi connectivity index (χ1) is 74.3. The van der Waals surface area contributed by atoms with Gasteiger partial charge in [0.15, 0.2) is 45.9 Å². The van der Waals surface area contributed by atoms with Gasteiger partial charge in [0.25, 0.3) is 0 Å². The van der Waals surface area contributed by atoms with Crippen LogP contribution in [-0.4, -0.2) is 54.8 Å². The number of pyridine rings is 1. The quantitative estimate of drug-likeness (QED) is 0.0932. The normalized spacial score (nSPS) is 11.6. The van der Waals surface area contributed by atoms with Crippen molar-refractivity contribution in [2.75, 3.05) is 0 Å². The van der Waals surface area contributed by atoms with Gasteiger partial charge in [-0.3, -0.25) is 4.98 Å². The molecule has 20 aromatic carbocycles. The van der Waals surface area contributed by atoms with Crippen LogP contribution < -0.4 is 0 Å². The lowest BCUT2D eigenvalue weighted by molar-refractivity contribution is 0.663.